The number of unbranched alkanes of at least 4 members (excludes halogenated alkanes) is 1. The van der Waals surface area contributed by atoms with Gasteiger partial charge >= 0.3 is 0 Å². The zero-order chi connectivity index (χ0) is 20.0. The van der Waals surface area contributed by atoms with Crippen LogP contribution in [0.2, 0.25) is 0 Å². The quantitative estimate of drug-likeness (QED) is 0.441. The summed E-state index contributed by atoms with van der Waals surface area (Å²) in [6.07, 6.45) is 6.99. The number of aromatic nitrogens is 2. The van der Waals surface area contributed by atoms with Gasteiger partial charge in [0.05, 0.1) is 6.20 Å². The molecule has 0 saturated heterocycles. The molecular weight excluding hydrogens is 362 g/mol. The molecule has 0 atom stereocenters. The summed E-state index contributed by atoms with van der Waals surface area (Å²) in [5, 5.41) is 2.42. The fourth-order valence-electron chi connectivity index (χ4n) is 4.59. The Kier molecular flexibility index (Phi) is 4.47. The highest BCUT2D eigenvalue weighted by Gasteiger charge is 2.25. The van der Waals surface area contributed by atoms with Crippen molar-refractivity contribution in [2.75, 3.05) is 20.6 Å². The van der Waals surface area contributed by atoms with Crippen LogP contribution in [-0.2, 0) is 13.0 Å². The Hall–Kier alpha value is -2.92. The molecular formula is C24H25N3O2. The lowest BCUT2D eigenvalue weighted by Crippen LogP contribution is -2.13. The number of Topliss-reactive ketones (excluding diaryl/α,β-unsaturated/α-hetero) is 1. The number of aryl methyl sites for hydroxylation is 2. The van der Waals surface area contributed by atoms with Crippen LogP contribution < -0.4 is 0 Å². The summed E-state index contributed by atoms with van der Waals surface area (Å²) in [6, 6.07) is 10.6. The second kappa shape index (κ2) is 7.16. The molecule has 5 rings (SSSR count). The van der Waals surface area contributed by atoms with Crippen LogP contribution in [0.4, 0.5) is 0 Å². The zero-order valence-corrected chi connectivity index (χ0v) is 16.9. The SMILES string of the molecule is CN(C)CCCCn1c2ccc(-c3ncco3)cc2c2c3c(ccc21)C(=O)CC3. The van der Waals surface area contributed by atoms with Gasteiger partial charge in [0, 0.05) is 45.9 Å². The van der Waals surface area contributed by atoms with Crippen LogP contribution in [0.15, 0.2) is 47.2 Å². The highest BCUT2D eigenvalue weighted by molar-refractivity contribution is 6.15. The first-order valence-corrected chi connectivity index (χ1v) is 10.3. The van der Waals surface area contributed by atoms with Gasteiger partial charge in [-0.2, -0.15) is 0 Å². The van der Waals surface area contributed by atoms with Crippen molar-refractivity contribution in [2.45, 2.75) is 32.2 Å². The van der Waals surface area contributed by atoms with Crippen molar-refractivity contribution in [2.24, 2.45) is 0 Å². The largest absolute Gasteiger partial charge is 0.445 e. The fourth-order valence-corrected chi connectivity index (χ4v) is 4.59. The monoisotopic (exact) mass is 387 g/mol. The summed E-state index contributed by atoms with van der Waals surface area (Å²) in [5.74, 6) is 0.889. The van der Waals surface area contributed by atoms with Gasteiger partial charge in [0.25, 0.3) is 0 Å². The average Bonchev–Trinajstić information content (AvgIpc) is 3.43. The molecule has 2 heterocycles. The first kappa shape index (κ1) is 18.1. The van der Waals surface area contributed by atoms with E-state index in [0.29, 0.717) is 12.3 Å². The Morgan fingerprint density at radius 2 is 1.97 bits per heavy atom. The Balaban J connectivity index is 1.68. The number of benzene rings is 2. The predicted molar refractivity (Wildman–Crippen MR) is 115 cm³/mol. The van der Waals surface area contributed by atoms with E-state index in [1.807, 2.05) is 6.07 Å². The Bertz CT molecular complexity index is 1200. The molecule has 0 radical (unpaired) electrons. The highest BCUT2D eigenvalue weighted by atomic mass is 16.3. The average molecular weight is 387 g/mol. The third kappa shape index (κ3) is 3.06. The molecule has 0 spiro atoms. The number of nitrogens with zero attached hydrogens (tertiary/aromatic N) is 3. The van der Waals surface area contributed by atoms with Gasteiger partial charge in [-0.15, -0.1) is 0 Å². The number of carbonyl (C=O) groups is 1. The van der Waals surface area contributed by atoms with E-state index in [9.17, 15) is 4.79 Å². The molecule has 0 bridgehead atoms. The maximum Gasteiger partial charge on any atom is 0.225 e. The molecule has 0 N–H and O–H groups in total. The molecule has 5 heteroatoms. The minimum Gasteiger partial charge on any atom is -0.445 e. The molecule has 2 aromatic carbocycles. The lowest BCUT2D eigenvalue weighted by molar-refractivity contribution is 0.0994. The molecule has 1 aliphatic carbocycles. The minimum absolute atomic E-state index is 0.262. The number of hydrogen-bond acceptors (Lipinski definition) is 4. The number of carbonyl (C=O) groups excluding carboxylic acids is 1. The van der Waals surface area contributed by atoms with Gasteiger partial charge in [0.1, 0.15) is 6.26 Å². The summed E-state index contributed by atoms with van der Waals surface area (Å²) >= 11 is 0. The topological polar surface area (TPSA) is 51.3 Å². The highest BCUT2D eigenvalue weighted by Crippen LogP contribution is 2.38. The third-order valence-electron chi connectivity index (χ3n) is 5.96. The maximum atomic E-state index is 12.3. The summed E-state index contributed by atoms with van der Waals surface area (Å²) < 4.78 is 7.94. The van der Waals surface area contributed by atoms with Gasteiger partial charge in [0.15, 0.2) is 5.78 Å². The fraction of sp³-hybridized carbons (Fsp3) is 0.333. The molecule has 0 amide bonds. The predicted octanol–water partition coefficient (Wildman–Crippen LogP) is 4.92. The number of oxazole rings is 1. The molecule has 1 aliphatic rings. The van der Waals surface area contributed by atoms with Crippen molar-refractivity contribution in [1.82, 2.24) is 14.5 Å². The second-order valence-electron chi connectivity index (χ2n) is 8.14. The molecule has 148 valence electrons. The molecule has 4 aromatic rings. The molecule has 0 aliphatic heterocycles. The Morgan fingerprint density at radius 1 is 1.10 bits per heavy atom. The zero-order valence-electron chi connectivity index (χ0n) is 16.9. The van der Waals surface area contributed by atoms with Crippen LogP contribution in [0.1, 0.15) is 35.2 Å². The van der Waals surface area contributed by atoms with E-state index < -0.39 is 0 Å². The molecule has 2 aromatic heterocycles. The first-order chi connectivity index (χ1) is 14.1. The molecule has 0 unspecified atom stereocenters. The van der Waals surface area contributed by atoms with E-state index in [4.69, 9.17) is 4.42 Å². The summed E-state index contributed by atoms with van der Waals surface area (Å²) in [5.41, 5.74) is 5.51. The van der Waals surface area contributed by atoms with Gasteiger partial charge in [-0.3, -0.25) is 4.79 Å². The molecule has 0 saturated carbocycles. The summed E-state index contributed by atoms with van der Waals surface area (Å²) in [7, 11) is 4.23. The van der Waals surface area contributed by atoms with Crippen molar-refractivity contribution in [1.29, 1.82) is 0 Å². The number of rotatable bonds is 6. The number of ketones is 1. The van der Waals surface area contributed by atoms with E-state index in [-0.39, 0.29) is 5.78 Å². The minimum atomic E-state index is 0.262. The van der Waals surface area contributed by atoms with Crippen molar-refractivity contribution in [3.05, 3.63) is 53.9 Å². The van der Waals surface area contributed by atoms with E-state index >= 15 is 0 Å². The molecule has 29 heavy (non-hydrogen) atoms. The van der Waals surface area contributed by atoms with Crippen LogP contribution in [0.25, 0.3) is 33.3 Å². The van der Waals surface area contributed by atoms with E-state index in [0.717, 1.165) is 43.5 Å². The van der Waals surface area contributed by atoms with Crippen molar-refractivity contribution < 1.29 is 9.21 Å². The maximum absolute atomic E-state index is 12.3. The Labute approximate surface area is 169 Å². The first-order valence-electron chi connectivity index (χ1n) is 10.3. The number of hydrogen-bond donors (Lipinski definition) is 0. The van der Waals surface area contributed by atoms with Crippen LogP contribution in [0.5, 0.6) is 0 Å². The lowest BCUT2D eigenvalue weighted by Gasteiger charge is -2.11. The second-order valence-corrected chi connectivity index (χ2v) is 8.14. The van der Waals surface area contributed by atoms with Crippen molar-refractivity contribution in [3.63, 3.8) is 0 Å². The van der Waals surface area contributed by atoms with Gasteiger partial charge in [-0.25, -0.2) is 4.98 Å². The van der Waals surface area contributed by atoms with Gasteiger partial charge in [-0.05, 0) is 75.8 Å². The Morgan fingerprint density at radius 3 is 2.76 bits per heavy atom. The van der Waals surface area contributed by atoms with E-state index in [1.54, 1.807) is 12.5 Å². The van der Waals surface area contributed by atoms with Crippen LogP contribution >= 0.6 is 0 Å². The summed E-state index contributed by atoms with van der Waals surface area (Å²) in [6.45, 7) is 2.06. The van der Waals surface area contributed by atoms with E-state index in [1.165, 1.54) is 27.4 Å². The smallest absolute Gasteiger partial charge is 0.225 e. The third-order valence-corrected chi connectivity index (χ3v) is 5.96. The van der Waals surface area contributed by atoms with Gasteiger partial charge < -0.3 is 13.9 Å². The summed E-state index contributed by atoms with van der Waals surface area (Å²) in [4.78, 5) is 18.9. The van der Waals surface area contributed by atoms with E-state index in [2.05, 4.69) is 52.8 Å². The van der Waals surface area contributed by atoms with Crippen LogP contribution in [0.3, 0.4) is 0 Å². The van der Waals surface area contributed by atoms with Crippen molar-refractivity contribution in [3.8, 4) is 11.5 Å². The normalized spacial score (nSPS) is 13.8. The molecule has 0 fully saturated rings. The van der Waals surface area contributed by atoms with Gasteiger partial charge in [0.2, 0.25) is 5.89 Å². The van der Waals surface area contributed by atoms with Crippen molar-refractivity contribution >= 4 is 27.6 Å². The standard InChI is InChI=1S/C24H25N3O2/c1-26(2)12-3-4-13-27-20-8-5-16(24-25-11-14-29-24)15-19(20)23-18-7-10-22(28)17(18)6-9-21(23)27/h5-6,8-9,11,14-15H,3-4,7,10,12-13H2,1-2H3. The van der Waals surface area contributed by atoms with Crippen LogP contribution in [0, 0.1) is 0 Å². The van der Waals surface area contributed by atoms with Gasteiger partial charge in [-0.1, -0.05) is 0 Å². The lowest BCUT2D eigenvalue weighted by atomic mass is 10.0. The van der Waals surface area contributed by atoms with Crippen LogP contribution in [-0.4, -0.2) is 40.9 Å². The number of fused-ring (bicyclic) bond motifs is 5. The molecule has 5 nitrogen and oxygen atoms in total.